The van der Waals surface area contributed by atoms with Gasteiger partial charge in [-0.3, -0.25) is 0 Å². The van der Waals surface area contributed by atoms with Gasteiger partial charge in [-0.15, -0.1) is 0 Å². The summed E-state index contributed by atoms with van der Waals surface area (Å²) in [7, 11) is 3.62. The van der Waals surface area contributed by atoms with E-state index in [2.05, 4.69) is 53.7 Å². The van der Waals surface area contributed by atoms with Crippen molar-refractivity contribution in [1.82, 2.24) is 9.97 Å². The van der Waals surface area contributed by atoms with E-state index in [9.17, 15) is 0 Å². The van der Waals surface area contributed by atoms with Crippen molar-refractivity contribution >= 4 is 28.4 Å². The van der Waals surface area contributed by atoms with Crippen molar-refractivity contribution in [2.75, 3.05) is 19.5 Å². The van der Waals surface area contributed by atoms with Gasteiger partial charge in [0, 0.05) is 14.2 Å². The second-order valence-electron chi connectivity index (χ2n) is 5.05. The number of nitrogens with one attached hydrogen (secondary N) is 1. The van der Waals surface area contributed by atoms with Gasteiger partial charge in [0.25, 0.3) is 0 Å². The Labute approximate surface area is 129 Å². The second kappa shape index (κ2) is 7.99. The summed E-state index contributed by atoms with van der Waals surface area (Å²) in [4.78, 5) is 9.32. The molecule has 0 aromatic carbocycles. The van der Waals surface area contributed by atoms with Crippen molar-refractivity contribution < 1.29 is 4.74 Å². The third kappa shape index (κ3) is 4.56. The average Bonchev–Trinajstić information content (AvgIpc) is 2.38. The normalized spacial score (nSPS) is 12.8. The van der Waals surface area contributed by atoms with Crippen LogP contribution in [0.1, 0.15) is 51.2 Å². The van der Waals surface area contributed by atoms with Crippen LogP contribution in [0.5, 0.6) is 0 Å². The van der Waals surface area contributed by atoms with Gasteiger partial charge >= 0.3 is 0 Å². The molecule has 0 bridgehead atoms. The summed E-state index contributed by atoms with van der Waals surface area (Å²) in [5.41, 5.74) is 1.11. The predicted molar refractivity (Wildman–Crippen MR) is 87.5 cm³/mol. The van der Waals surface area contributed by atoms with E-state index in [0.29, 0.717) is 5.92 Å². The molecule has 1 rings (SSSR count). The summed E-state index contributed by atoms with van der Waals surface area (Å²) in [6.07, 6.45) is 2.95. The van der Waals surface area contributed by atoms with Crippen molar-refractivity contribution in [2.45, 2.75) is 46.1 Å². The molecule has 1 heterocycles. The SMILES string of the molecule is CCCC(OC)c1nc(CC(C)C)c(I)c(NC)n1. The van der Waals surface area contributed by atoms with E-state index in [-0.39, 0.29) is 6.10 Å². The quantitative estimate of drug-likeness (QED) is 0.735. The Morgan fingerprint density at radius 1 is 1.32 bits per heavy atom. The van der Waals surface area contributed by atoms with Crippen LogP contribution in [-0.4, -0.2) is 24.1 Å². The van der Waals surface area contributed by atoms with Crippen LogP contribution in [-0.2, 0) is 11.2 Å². The van der Waals surface area contributed by atoms with Crippen molar-refractivity contribution in [2.24, 2.45) is 5.92 Å². The van der Waals surface area contributed by atoms with Crippen LogP contribution < -0.4 is 5.32 Å². The van der Waals surface area contributed by atoms with Gasteiger partial charge in [-0.25, -0.2) is 9.97 Å². The van der Waals surface area contributed by atoms with Crippen molar-refractivity contribution in [3.8, 4) is 0 Å². The van der Waals surface area contributed by atoms with E-state index in [4.69, 9.17) is 9.72 Å². The zero-order valence-corrected chi connectivity index (χ0v) is 14.6. The summed E-state index contributed by atoms with van der Waals surface area (Å²) >= 11 is 2.32. The highest BCUT2D eigenvalue weighted by Gasteiger charge is 2.18. The number of hydrogen-bond acceptors (Lipinski definition) is 4. The lowest BCUT2D eigenvalue weighted by atomic mass is 10.1. The van der Waals surface area contributed by atoms with Crippen LogP contribution >= 0.6 is 22.6 Å². The molecule has 0 aliphatic heterocycles. The number of methoxy groups -OCH3 is 1. The number of halogens is 1. The summed E-state index contributed by atoms with van der Waals surface area (Å²) in [6.45, 7) is 6.56. The first kappa shape index (κ1) is 16.6. The molecule has 0 spiro atoms. The second-order valence-corrected chi connectivity index (χ2v) is 6.13. The molecule has 1 atom stereocenters. The van der Waals surface area contributed by atoms with Gasteiger partial charge in [0.1, 0.15) is 11.9 Å². The molecule has 0 radical (unpaired) electrons. The standard InChI is InChI=1S/C14H24IN3O/c1-6-7-11(19-5)13-17-10(8-9(2)3)12(15)14(16-4)18-13/h9,11H,6-8H2,1-5H3,(H,16,17,18). The molecule has 1 unspecified atom stereocenters. The number of ether oxygens (including phenoxy) is 1. The first-order valence-electron chi connectivity index (χ1n) is 6.80. The average molecular weight is 377 g/mol. The third-order valence-corrected chi connectivity index (χ3v) is 4.03. The minimum absolute atomic E-state index is 0.0139. The van der Waals surface area contributed by atoms with Crippen LogP contribution in [0, 0.1) is 9.49 Å². The van der Waals surface area contributed by atoms with Gasteiger partial charge < -0.3 is 10.1 Å². The third-order valence-electron chi connectivity index (χ3n) is 2.90. The molecule has 4 nitrogen and oxygen atoms in total. The molecule has 0 amide bonds. The summed E-state index contributed by atoms with van der Waals surface area (Å²) < 4.78 is 6.64. The van der Waals surface area contributed by atoms with E-state index in [1.54, 1.807) is 7.11 Å². The highest BCUT2D eigenvalue weighted by Crippen LogP contribution is 2.26. The van der Waals surface area contributed by atoms with E-state index in [1.807, 2.05) is 7.05 Å². The zero-order valence-electron chi connectivity index (χ0n) is 12.5. The topological polar surface area (TPSA) is 47.0 Å². The molecular formula is C14H24IN3O. The van der Waals surface area contributed by atoms with Gasteiger partial charge in [-0.1, -0.05) is 27.2 Å². The Kier molecular flexibility index (Phi) is 6.99. The summed E-state index contributed by atoms with van der Waals surface area (Å²) in [6, 6.07) is 0. The Hall–Kier alpha value is -0.430. The molecule has 1 aromatic rings. The Balaban J connectivity index is 3.17. The molecule has 5 heteroatoms. The molecular weight excluding hydrogens is 353 g/mol. The van der Waals surface area contributed by atoms with E-state index in [1.165, 1.54) is 0 Å². The van der Waals surface area contributed by atoms with Gasteiger partial charge in [0.15, 0.2) is 5.82 Å². The maximum atomic E-state index is 5.52. The molecule has 0 fully saturated rings. The first-order chi connectivity index (χ1) is 9.03. The fourth-order valence-electron chi connectivity index (χ4n) is 1.96. The van der Waals surface area contributed by atoms with E-state index >= 15 is 0 Å². The zero-order chi connectivity index (χ0) is 14.4. The molecule has 19 heavy (non-hydrogen) atoms. The minimum Gasteiger partial charge on any atom is -0.373 e. The number of rotatable bonds is 7. The number of nitrogens with zero attached hydrogens (tertiary/aromatic N) is 2. The van der Waals surface area contributed by atoms with Crippen LogP contribution in [0.3, 0.4) is 0 Å². The smallest absolute Gasteiger partial charge is 0.159 e. The highest BCUT2D eigenvalue weighted by atomic mass is 127. The molecule has 0 saturated carbocycles. The lowest BCUT2D eigenvalue weighted by Gasteiger charge is -2.17. The lowest BCUT2D eigenvalue weighted by molar-refractivity contribution is 0.0874. The number of anilines is 1. The fourth-order valence-corrected chi connectivity index (χ4v) is 2.69. The first-order valence-corrected chi connectivity index (χ1v) is 7.88. The predicted octanol–water partition coefficient (Wildman–Crippen LogP) is 3.81. The highest BCUT2D eigenvalue weighted by molar-refractivity contribution is 14.1. The van der Waals surface area contributed by atoms with Crippen LogP contribution in [0.2, 0.25) is 0 Å². The molecule has 0 aliphatic rings. The lowest BCUT2D eigenvalue weighted by Crippen LogP contribution is -2.13. The summed E-state index contributed by atoms with van der Waals surface area (Å²) in [5, 5.41) is 3.16. The van der Waals surface area contributed by atoms with Gasteiger partial charge in [0.05, 0.1) is 9.26 Å². The number of hydrogen-bond donors (Lipinski definition) is 1. The van der Waals surface area contributed by atoms with E-state index < -0.39 is 0 Å². The fraction of sp³-hybridized carbons (Fsp3) is 0.714. The van der Waals surface area contributed by atoms with Gasteiger partial charge in [-0.2, -0.15) is 0 Å². The Bertz CT molecular complexity index is 410. The van der Waals surface area contributed by atoms with Crippen LogP contribution in [0.15, 0.2) is 0 Å². The van der Waals surface area contributed by atoms with Gasteiger partial charge in [-0.05, 0) is 41.4 Å². The molecule has 0 aliphatic carbocycles. The van der Waals surface area contributed by atoms with E-state index in [0.717, 1.165) is 40.2 Å². The van der Waals surface area contributed by atoms with Crippen LogP contribution in [0.25, 0.3) is 0 Å². The van der Waals surface area contributed by atoms with Crippen LogP contribution in [0.4, 0.5) is 5.82 Å². The molecule has 0 saturated heterocycles. The largest absolute Gasteiger partial charge is 0.373 e. The minimum atomic E-state index is -0.0139. The molecule has 108 valence electrons. The Morgan fingerprint density at radius 3 is 2.47 bits per heavy atom. The van der Waals surface area contributed by atoms with Crippen molar-refractivity contribution in [3.63, 3.8) is 0 Å². The van der Waals surface area contributed by atoms with Crippen molar-refractivity contribution in [1.29, 1.82) is 0 Å². The molecule has 1 N–H and O–H groups in total. The summed E-state index contributed by atoms with van der Waals surface area (Å²) in [5.74, 6) is 2.28. The maximum absolute atomic E-state index is 5.52. The maximum Gasteiger partial charge on any atom is 0.159 e. The van der Waals surface area contributed by atoms with Crippen molar-refractivity contribution in [3.05, 3.63) is 15.1 Å². The Morgan fingerprint density at radius 2 is 2.00 bits per heavy atom. The molecule has 1 aromatic heterocycles. The number of aromatic nitrogens is 2. The monoisotopic (exact) mass is 377 g/mol. The van der Waals surface area contributed by atoms with Gasteiger partial charge in [0.2, 0.25) is 0 Å².